The maximum atomic E-state index is 12.3. The highest BCUT2D eigenvalue weighted by Gasteiger charge is 2.36. The fourth-order valence-corrected chi connectivity index (χ4v) is 3.41. The van der Waals surface area contributed by atoms with Crippen LogP contribution in [0.15, 0.2) is 42.5 Å². The number of benzene rings is 2. The molecule has 2 amide bonds. The van der Waals surface area contributed by atoms with Gasteiger partial charge in [-0.1, -0.05) is 30.7 Å². The molecular weight excluding hydrogens is 426 g/mol. The number of nitro benzene ring substituents is 1. The van der Waals surface area contributed by atoms with E-state index in [2.05, 4.69) is 5.32 Å². The quantitative estimate of drug-likeness (QED) is 0.396. The molecule has 0 aromatic heterocycles. The standard InChI is InChI=1S/C21H20ClN3O6/c1-2-13-3-6-16(7-4-13)24-11-14(9-20(24)27)21(28)31-12-19(26)23-17-10-15(22)5-8-18(17)25(29)30/h3-8,10,14H,2,9,11-12H2,1H3,(H,23,26)/t14-/m0/s1. The fraction of sp³-hybridized carbons (Fsp3) is 0.286. The number of nitrogens with zero attached hydrogens (tertiary/aromatic N) is 2. The van der Waals surface area contributed by atoms with Gasteiger partial charge in [-0.3, -0.25) is 24.5 Å². The smallest absolute Gasteiger partial charge is 0.311 e. The van der Waals surface area contributed by atoms with Crippen LogP contribution in [0.4, 0.5) is 17.1 Å². The van der Waals surface area contributed by atoms with Crippen LogP contribution in [0.5, 0.6) is 0 Å². The van der Waals surface area contributed by atoms with Gasteiger partial charge in [-0.25, -0.2) is 0 Å². The zero-order valence-electron chi connectivity index (χ0n) is 16.7. The van der Waals surface area contributed by atoms with E-state index in [0.29, 0.717) is 5.69 Å². The zero-order chi connectivity index (χ0) is 22.5. The van der Waals surface area contributed by atoms with Crippen molar-refractivity contribution in [3.63, 3.8) is 0 Å². The summed E-state index contributed by atoms with van der Waals surface area (Å²) in [6, 6.07) is 11.2. The number of carbonyl (C=O) groups is 3. The van der Waals surface area contributed by atoms with Crippen molar-refractivity contribution < 1.29 is 24.0 Å². The Kier molecular flexibility index (Phi) is 6.86. The second-order valence-corrected chi connectivity index (χ2v) is 7.44. The second kappa shape index (κ2) is 9.57. The molecule has 1 fully saturated rings. The summed E-state index contributed by atoms with van der Waals surface area (Å²) in [7, 11) is 0. The van der Waals surface area contributed by atoms with E-state index in [4.69, 9.17) is 16.3 Å². The van der Waals surface area contributed by atoms with Gasteiger partial charge in [-0.2, -0.15) is 0 Å². The lowest BCUT2D eigenvalue weighted by Crippen LogP contribution is -2.28. The number of carbonyl (C=O) groups excluding carboxylic acids is 3. The molecule has 10 heteroatoms. The number of hydrogen-bond acceptors (Lipinski definition) is 6. The molecule has 1 N–H and O–H groups in total. The Bertz CT molecular complexity index is 1020. The van der Waals surface area contributed by atoms with E-state index in [1.807, 2.05) is 31.2 Å². The number of hydrogen-bond donors (Lipinski definition) is 1. The Morgan fingerprint density at radius 1 is 1.26 bits per heavy atom. The number of halogens is 1. The van der Waals surface area contributed by atoms with Crippen LogP contribution in [0.3, 0.4) is 0 Å². The molecule has 162 valence electrons. The summed E-state index contributed by atoms with van der Waals surface area (Å²) < 4.78 is 5.03. The van der Waals surface area contributed by atoms with Crippen LogP contribution < -0.4 is 10.2 Å². The van der Waals surface area contributed by atoms with Crippen LogP contribution in [0.2, 0.25) is 5.02 Å². The van der Waals surface area contributed by atoms with Crippen LogP contribution in [-0.4, -0.2) is 35.9 Å². The van der Waals surface area contributed by atoms with Crippen molar-refractivity contribution in [2.45, 2.75) is 19.8 Å². The number of ether oxygens (including phenoxy) is 1. The van der Waals surface area contributed by atoms with Crippen molar-refractivity contribution in [2.75, 3.05) is 23.4 Å². The number of amides is 2. The molecule has 1 aliphatic heterocycles. The van der Waals surface area contributed by atoms with Crippen LogP contribution in [-0.2, 0) is 25.5 Å². The van der Waals surface area contributed by atoms with Gasteiger partial charge in [0.15, 0.2) is 6.61 Å². The van der Waals surface area contributed by atoms with Crippen LogP contribution in [0, 0.1) is 16.0 Å². The molecule has 0 saturated carbocycles. The number of nitrogens with one attached hydrogen (secondary N) is 1. The lowest BCUT2D eigenvalue weighted by Gasteiger charge is -2.17. The number of nitro groups is 1. The molecule has 3 rings (SSSR count). The van der Waals surface area contributed by atoms with E-state index in [0.717, 1.165) is 18.1 Å². The minimum atomic E-state index is -0.755. The van der Waals surface area contributed by atoms with E-state index in [1.165, 1.54) is 17.0 Å². The second-order valence-electron chi connectivity index (χ2n) is 7.00. The number of anilines is 2. The molecule has 2 aromatic rings. The van der Waals surface area contributed by atoms with Gasteiger partial charge in [-0.15, -0.1) is 0 Å². The van der Waals surface area contributed by atoms with Crippen molar-refractivity contribution in [3.8, 4) is 0 Å². The summed E-state index contributed by atoms with van der Waals surface area (Å²) in [4.78, 5) is 48.7. The molecule has 31 heavy (non-hydrogen) atoms. The molecule has 0 unspecified atom stereocenters. The Morgan fingerprint density at radius 3 is 2.61 bits per heavy atom. The third-order valence-electron chi connectivity index (χ3n) is 4.89. The molecule has 0 bridgehead atoms. The van der Waals surface area contributed by atoms with Gasteiger partial charge >= 0.3 is 5.97 Å². The topological polar surface area (TPSA) is 119 Å². The summed E-state index contributed by atoms with van der Waals surface area (Å²) in [6.07, 6.45) is 0.860. The number of rotatable bonds is 7. The van der Waals surface area contributed by atoms with Crippen LogP contribution in [0.1, 0.15) is 18.9 Å². The highest BCUT2D eigenvalue weighted by molar-refractivity contribution is 6.31. The number of esters is 1. The molecule has 0 spiro atoms. The van der Waals surface area contributed by atoms with Gasteiger partial charge in [0.1, 0.15) is 5.69 Å². The third-order valence-corrected chi connectivity index (χ3v) is 5.12. The monoisotopic (exact) mass is 445 g/mol. The van der Waals surface area contributed by atoms with Crippen LogP contribution >= 0.6 is 11.6 Å². The van der Waals surface area contributed by atoms with E-state index in [9.17, 15) is 24.5 Å². The van der Waals surface area contributed by atoms with Crippen molar-refractivity contribution in [1.82, 2.24) is 0 Å². The maximum absolute atomic E-state index is 12.3. The van der Waals surface area contributed by atoms with Crippen molar-refractivity contribution in [1.29, 1.82) is 0 Å². The van der Waals surface area contributed by atoms with Gasteiger partial charge in [0.2, 0.25) is 5.91 Å². The molecule has 2 aromatic carbocycles. The largest absolute Gasteiger partial charge is 0.455 e. The summed E-state index contributed by atoms with van der Waals surface area (Å²) in [5.41, 5.74) is 1.40. The highest BCUT2D eigenvalue weighted by Crippen LogP contribution is 2.28. The first kappa shape index (κ1) is 22.2. The molecule has 0 aliphatic carbocycles. The molecule has 1 atom stereocenters. The lowest BCUT2D eigenvalue weighted by molar-refractivity contribution is -0.383. The van der Waals surface area contributed by atoms with E-state index >= 15 is 0 Å². The van der Waals surface area contributed by atoms with Crippen molar-refractivity contribution in [3.05, 3.63) is 63.2 Å². The fourth-order valence-electron chi connectivity index (χ4n) is 3.24. The molecule has 1 aliphatic rings. The minimum Gasteiger partial charge on any atom is -0.455 e. The molecule has 1 saturated heterocycles. The predicted octanol–water partition coefficient (Wildman–Crippen LogP) is 3.35. The average Bonchev–Trinajstić information content (AvgIpc) is 3.13. The van der Waals surface area contributed by atoms with Crippen molar-refractivity contribution >= 4 is 46.4 Å². The minimum absolute atomic E-state index is 0.0181. The zero-order valence-corrected chi connectivity index (χ0v) is 17.4. The first-order chi connectivity index (χ1) is 14.8. The van der Waals surface area contributed by atoms with E-state index < -0.39 is 29.3 Å². The Hall–Kier alpha value is -3.46. The highest BCUT2D eigenvalue weighted by atomic mass is 35.5. The Balaban J connectivity index is 1.56. The number of aryl methyl sites for hydroxylation is 1. The Morgan fingerprint density at radius 2 is 1.97 bits per heavy atom. The summed E-state index contributed by atoms with van der Waals surface area (Å²) in [5.74, 6) is -2.34. The molecule has 9 nitrogen and oxygen atoms in total. The van der Waals surface area contributed by atoms with Crippen LogP contribution in [0.25, 0.3) is 0 Å². The van der Waals surface area contributed by atoms with Crippen molar-refractivity contribution in [2.24, 2.45) is 5.92 Å². The Labute approximate surface area is 183 Å². The molecule has 0 radical (unpaired) electrons. The van der Waals surface area contributed by atoms with E-state index in [1.54, 1.807) is 0 Å². The SMILES string of the molecule is CCc1ccc(N2C[C@@H](C(=O)OCC(=O)Nc3cc(Cl)ccc3[N+](=O)[O-])CC2=O)cc1. The van der Waals surface area contributed by atoms with E-state index in [-0.39, 0.29) is 35.3 Å². The predicted molar refractivity (Wildman–Crippen MR) is 114 cm³/mol. The summed E-state index contributed by atoms with van der Waals surface area (Å²) >= 11 is 5.82. The van der Waals surface area contributed by atoms with Gasteiger partial charge < -0.3 is 15.0 Å². The summed E-state index contributed by atoms with van der Waals surface area (Å²) in [6.45, 7) is 1.55. The average molecular weight is 446 g/mol. The summed E-state index contributed by atoms with van der Waals surface area (Å²) in [5, 5.41) is 13.6. The molecule has 1 heterocycles. The first-order valence-corrected chi connectivity index (χ1v) is 9.96. The lowest BCUT2D eigenvalue weighted by atomic mass is 10.1. The van der Waals surface area contributed by atoms with Gasteiger partial charge in [0.05, 0.1) is 10.8 Å². The third kappa shape index (κ3) is 5.37. The van der Waals surface area contributed by atoms with Gasteiger partial charge in [-0.05, 0) is 36.2 Å². The molecular formula is C21H20ClN3O6. The normalized spacial score (nSPS) is 15.6. The maximum Gasteiger partial charge on any atom is 0.311 e. The van der Waals surface area contributed by atoms with Gasteiger partial charge in [0, 0.05) is 29.7 Å². The van der Waals surface area contributed by atoms with Gasteiger partial charge in [0.25, 0.3) is 11.6 Å². The first-order valence-electron chi connectivity index (χ1n) is 9.58.